The lowest BCUT2D eigenvalue weighted by Gasteiger charge is -2.32. The molecule has 120 valence electrons. The van der Waals surface area contributed by atoms with Crippen LogP contribution in [-0.2, 0) is 19.1 Å². The lowest BCUT2D eigenvalue weighted by atomic mass is 9.86. The molecule has 0 aliphatic rings. The molecule has 0 fully saturated rings. The number of esters is 1. The molecule has 2 amide bonds. The quantitative estimate of drug-likeness (QED) is 0.434. The normalized spacial score (nSPS) is 13.3. The number of carbonyl (C=O) groups excluding carboxylic acids is 3. The van der Waals surface area contributed by atoms with Crippen LogP contribution in [0.1, 0.15) is 34.6 Å². The van der Waals surface area contributed by atoms with Crippen molar-refractivity contribution in [2.24, 2.45) is 5.41 Å². The Morgan fingerprint density at radius 1 is 1.33 bits per heavy atom. The summed E-state index contributed by atoms with van der Waals surface area (Å²) in [6.45, 7) is 9.59. The van der Waals surface area contributed by atoms with E-state index < -0.39 is 17.4 Å². The van der Waals surface area contributed by atoms with Gasteiger partial charge in [0.2, 0.25) is 12.3 Å². The van der Waals surface area contributed by atoms with Gasteiger partial charge in [-0.1, -0.05) is 26.8 Å². The molecule has 0 heterocycles. The molecule has 0 aliphatic heterocycles. The smallest absolute Gasteiger partial charge is 0.333 e. The first-order valence-electron chi connectivity index (χ1n) is 6.93. The minimum atomic E-state index is -0.615. The van der Waals surface area contributed by atoms with Crippen LogP contribution in [-0.4, -0.2) is 49.4 Å². The summed E-state index contributed by atoms with van der Waals surface area (Å²) in [4.78, 5) is 35.9. The van der Waals surface area contributed by atoms with Crippen LogP contribution in [0.25, 0.3) is 0 Å². The van der Waals surface area contributed by atoms with Crippen LogP contribution in [0.2, 0.25) is 0 Å². The van der Waals surface area contributed by atoms with Crippen LogP contribution in [0.3, 0.4) is 0 Å². The van der Waals surface area contributed by atoms with E-state index >= 15 is 0 Å². The summed E-state index contributed by atoms with van der Waals surface area (Å²) >= 11 is 0. The van der Waals surface area contributed by atoms with Gasteiger partial charge in [-0.05, 0) is 19.3 Å². The molecular weight excluding hydrogens is 272 g/mol. The Balaban J connectivity index is 4.80. The van der Waals surface area contributed by atoms with E-state index in [1.165, 1.54) is 4.90 Å². The van der Waals surface area contributed by atoms with Crippen molar-refractivity contribution in [3.05, 3.63) is 11.6 Å². The molecule has 6 heteroatoms. The van der Waals surface area contributed by atoms with E-state index in [1.54, 1.807) is 27.0 Å². The molecule has 1 atom stereocenters. The van der Waals surface area contributed by atoms with Gasteiger partial charge in [0.15, 0.2) is 0 Å². The fourth-order valence-electron chi connectivity index (χ4n) is 1.67. The molecule has 0 radical (unpaired) electrons. The second-order valence-electron chi connectivity index (χ2n) is 5.91. The first kappa shape index (κ1) is 19.1. The van der Waals surface area contributed by atoms with E-state index in [0.29, 0.717) is 18.6 Å². The first-order chi connectivity index (χ1) is 9.65. The minimum absolute atomic E-state index is 0.206. The van der Waals surface area contributed by atoms with Crippen molar-refractivity contribution in [2.75, 3.05) is 20.2 Å². The molecule has 0 aromatic carbocycles. The van der Waals surface area contributed by atoms with Crippen molar-refractivity contribution in [1.82, 2.24) is 10.2 Å². The number of nitrogens with one attached hydrogen (secondary N) is 1. The van der Waals surface area contributed by atoms with Gasteiger partial charge in [-0.15, -0.1) is 0 Å². The monoisotopic (exact) mass is 298 g/mol. The summed E-state index contributed by atoms with van der Waals surface area (Å²) in [6.07, 6.45) is 2.16. The van der Waals surface area contributed by atoms with E-state index in [4.69, 9.17) is 4.74 Å². The summed E-state index contributed by atoms with van der Waals surface area (Å²) in [7, 11) is 1.63. The van der Waals surface area contributed by atoms with Gasteiger partial charge < -0.3 is 15.0 Å². The Kier molecular flexibility index (Phi) is 7.70. The highest BCUT2D eigenvalue weighted by molar-refractivity contribution is 5.88. The highest BCUT2D eigenvalue weighted by atomic mass is 16.5. The third-order valence-electron chi connectivity index (χ3n) is 2.99. The van der Waals surface area contributed by atoms with Gasteiger partial charge in [-0.2, -0.15) is 0 Å². The fourth-order valence-corrected chi connectivity index (χ4v) is 1.67. The van der Waals surface area contributed by atoms with E-state index in [0.717, 1.165) is 0 Å². The molecule has 1 N–H and O–H groups in total. The number of nitrogens with zero attached hydrogens (tertiary/aromatic N) is 1. The maximum absolute atomic E-state index is 12.3. The second kappa shape index (κ2) is 8.44. The molecule has 0 saturated carbocycles. The van der Waals surface area contributed by atoms with Crippen LogP contribution in [0.5, 0.6) is 0 Å². The highest BCUT2D eigenvalue weighted by Gasteiger charge is 2.32. The van der Waals surface area contributed by atoms with Gasteiger partial charge in [0, 0.05) is 19.2 Å². The van der Waals surface area contributed by atoms with Crippen molar-refractivity contribution >= 4 is 18.3 Å². The van der Waals surface area contributed by atoms with E-state index in [9.17, 15) is 14.4 Å². The molecule has 0 spiro atoms. The number of ether oxygens (including phenoxy) is 1. The number of likely N-dealkylation sites (N-methyl/N-ethyl adjacent to an activating group) is 1. The SMILES string of the molecule is CCOC(=O)/C(C)=C/CN(C)C(=O)[C@H](NC=O)C(C)(C)C. The molecule has 0 aromatic heterocycles. The summed E-state index contributed by atoms with van der Waals surface area (Å²) in [5, 5.41) is 2.55. The zero-order valence-electron chi connectivity index (χ0n) is 13.7. The lowest BCUT2D eigenvalue weighted by Crippen LogP contribution is -2.51. The van der Waals surface area contributed by atoms with Crippen molar-refractivity contribution in [1.29, 1.82) is 0 Å². The molecule has 0 aromatic rings. The molecule has 6 nitrogen and oxygen atoms in total. The first-order valence-corrected chi connectivity index (χ1v) is 6.93. The molecule has 21 heavy (non-hydrogen) atoms. The summed E-state index contributed by atoms with van der Waals surface area (Å²) in [6, 6.07) is -0.615. The lowest BCUT2D eigenvalue weighted by molar-refractivity contribution is -0.138. The maximum atomic E-state index is 12.3. The predicted molar refractivity (Wildman–Crippen MR) is 80.5 cm³/mol. The standard InChI is InChI=1S/C15H26N2O4/c1-7-21-14(20)11(2)8-9-17(6)13(19)12(16-10-18)15(3,4)5/h8,10,12H,7,9H2,1-6H3,(H,16,18)/b11-8+/t12-/m0/s1. The Bertz CT molecular complexity index is 410. The molecule has 0 aliphatic carbocycles. The van der Waals surface area contributed by atoms with Crippen molar-refractivity contribution in [3.63, 3.8) is 0 Å². The maximum Gasteiger partial charge on any atom is 0.333 e. The van der Waals surface area contributed by atoms with Crippen molar-refractivity contribution in [2.45, 2.75) is 40.7 Å². The van der Waals surface area contributed by atoms with E-state index in [-0.39, 0.29) is 12.5 Å². The Morgan fingerprint density at radius 3 is 2.33 bits per heavy atom. The number of hydrogen-bond donors (Lipinski definition) is 1. The van der Waals surface area contributed by atoms with Crippen LogP contribution in [0.4, 0.5) is 0 Å². The van der Waals surface area contributed by atoms with Crippen LogP contribution in [0, 0.1) is 5.41 Å². The van der Waals surface area contributed by atoms with Gasteiger partial charge in [-0.25, -0.2) is 4.79 Å². The van der Waals surface area contributed by atoms with Crippen molar-refractivity contribution < 1.29 is 19.1 Å². The zero-order chi connectivity index (χ0) is 16.6. The Hall–Kier alpha value is -1.85. The Labute approximate surface area is 126 Å². The predicted octanol–water partition coefficient (Wildman–Crippen LogP) is 1.11. The molecule has 0 saturated heterocycles. The average Bonchev–Trinajstić information content (AvgIpc) is 2.39. The van der Waals surface area contributed by atoms with Crippen LogP contribution < -0.4 is 5.32 Å². The second-order valence-corrected chi connectivity index (χ2v) is 5.91. The average molecular weight is 298 g/mol. The molecule has 0 rings (SSSR count). The topological polar surface area (TPSA) is 75.7 Å². The number of hydrogen-bond acceptors (Lipinski definition) is 4. The van der Waals surface area contributed by atoms with Gasteiger partial charge in [-0.3, -0.25) is 9.59 Å². The van der Waals surface area contributed by atoms with Gasteiger partial charge >= 0.3 is 5.97 Å². The minimum Gasteiger partial charge on any atom is -0.463 e. The molecule has 0 bridgehead atoms. The highest BCUT2D eigenvalue weighted by Crippen LogP contribution is 2.20. The van der Waals surface area contributed by atoms with E-state index in [1.807, 2.05) is 20.8 Å². The van der Waals surface area contributed by atoms with Crippen molar-refractivity contribution in [3.8, 4) is 0 Å². The summed E-state index contributed by atoms with van der Waals surface area (Å²) in [5.41, 5.74) is 0.0544. The van der Waals surface area contributed by atoms with E-state index in [2.05, 4.69) is 5.32 Å². The number of amides is 2. The summed E-state index contributed by atoms with van der Waals surface area (Å²) < 4.78 is 4.87. The van der Waals surface area contributed by atoms with Gasteiger partial charge in [0.1, 0.15) is 6.04 Å². The zero-order valence-corrected chi connectivity index (χ0v) is 13.7. The number of rotatable bonds is 7. The molecular formula is C15H26N2O4. The third-order valence-corrected chi connectivity index (χ3v) is 2.99. The van der Waals surface area contributed by atoms with Gasteiger partial charge in [0.25, 0.3) is 0 Å². The summed E-state index contributed by atoms with van der Waals surface area (Å²) in [5.74, 6) is -0.598. The Morgan fingerprint density at radius 2 is 1.90 bits per heavy atom. The van der Waals surface area contributed by atoms with Crippen LogP contribution in [0.15, 0.2) is 11.6 Å². The number of carbonyl (C=O) groups is 3. The van der Waals surface area contributed by atoms with Gasteiger partial charge in [0.05, 0.1) is 6.61 Å². The van der Waals surface area contributed by atoms with Crippen LogP contribution >= 0.6 is 0 Å². The fraction of sp³-hybridized carbons (Fsp3) is 0.667. The molecule has 0 unspecified atom stereocenters. The largest absolute Gasteiger partial charge is 0.463 e. The third kappa shape index (κ3) is 6.42.